The second-order valence-corrected chi connectivity index (χ2v) is 4.06. The Labute approximate surface area is 108 Å². The molecule has 0 radical (unpaired) electrons. The van der Waals surface area contributed by atoms with E-state index >= 15 is 0 Å². The molecule has 1 aromatic rings. The molecule has 19 heavy (non-hydrogen) atoms. The molecule has 0 unspecified atom stereocenters. The van der Waals surface area contributed by atoms with Crippen molar-refractivity contribution in [3.8, 4) is 5.75 Å². The van der Waals surface area contributed by atoms with Gasteiger partial charge in [-0.05, 0) is 31.0 Å². The van der Waals surface area contributed by atoms with Gasteiger partial charge in [-0.25, -0.2) is 0 Å². The van der Waals surface area contributed by atoms with E-state index in [4.69, 9.17) is 4.74 Å². The molecule has 0 amide bonds. The maximum atomic E-state index is 12.0. The summed E-state index contributed by atoms with van der Waals surface area (Å²) in [5.74, 6) is -1.40. The summed E-state index contributed by atoms with van der Waals surface area (Å²) in [5.41, 5.74) is 0.604. The molecule has 6 heteroatoms. The van der Waals surface area contributed by atoms with Gasteiger partial charge in [0.15, 0.2) is 5.78 Å². The van der Waals surface area contributed by atoms with Gasteiger partial charge in [0.05, 0.1) is 0 Å². The normalized spacial score (nSPS) is 11.2. The summed E-state index contributed by atoms with van der Waals surface area (Å²) >= 11 is 0. The number of rotatable bonds is 6. The maximum Gasteiger partial charge on any atom is 0.449 e. The minimum absolute atomic E-state index is 0.0192. The number of hydrogen-bond acceptors (Lipinski definition) is 3. The lowest BCUT2D eigenvalue weighted by Crippen LogP contribution is -2.22. The van der Waals surface area contributed by atoms with Gasteiger partial charge < -0.3 is 4.74 Å². The first-order valence-electron chi connectivity index (χ1n) is 5.60. The summed E-state index contributed by atoms with van der Waals surface area (Å²) in [6.07, 6.45) is -5.33. The lowest BCUT2D eigenvalue weighted by atomic mass is 10.1. The Bertz CT molecular complexity index is 449. The second kappa shape index (κ2) is 6.36. The van der Waals surface area contributed by atoms with Crippen molar-refractivity contribution in [2.75, 3.05) is 6.61 Å². The smallest absolute Gasteiger partial charge is 0.449 e. The molecule has 3 nitrogen and oxygen atoms in total. The first-order valence-corrected chi connectivity index (χ1v) is 5.60. The van der Waals surface area contributed by atoms with E-state index in [9.17, 15) is 22.8 Å². The van der Waals surface area contributed by atoms with Gasteiger partial charge >= 0.3 is 6.18 Å². The summed E-state index contributed by atoms with van der Waals surface area (Å²) in [6, 6.07) is 6.24. The van der Waals surface area contributed by atoms with Gasteiger partial charge in [0.1, 0.15) is 12.4 Å². The predicted octanol–water partition coefficient (Wildman–Crippen LogP) is 2.72. The number of carbonyl (C=O) groups excluding carboxylic acids is 2. The van der Waals surface area contributed by atoms with Gasteiger partial charge in [-0.2, -0.15) is 13.2 Å². The largest absolute Gasteiger partial charge is 0.486 e. The average molecular weight is 274 g/mol. The van der Waals surface area contributed by atoms with E-state index in [2.05, 4.69) is 0 Å². The van der Waals surface area contributed by atoms with E-state index in [0.29, 0.717) is 11.3 Å². The second-order valence-electron chi connectivity index (χ2n) is 4.06. The lowest BCUT2D eigenvalue weighted by Gasteiger charge is -2.06. The van der Waals surface area contributed by atoms with Crippen molar-refractivity contribution in [2.45, 2.75) is 25.9 Å². The maximum absolute atomic E-state index is 12.0. The van der Waals surface area contributed by atoms with Crippen LogP contribution < -0.4 is 4.74 Å². The number of halogens is 3. The molecule has 0 aromatic heterocycles. The van der Waals surface area contributed by atoms with Crippen LogP contribution in [0.1, 0.15) is 18.9 Å². The van der Waals surface area contributed by atoms with Crippen LogP contribution in [0.3, 0.4) is 0 Å². The fraction of sp³-hybridized carbons (Fsp3) is 0.385. The molecule has 0 saturated carbocycles. The van der Waals surface area contributed by atoms with E-state index in [0.717, 1.165) is 0 Å². The highest BCUT2D eigenvalue weighted by Crippen LogP contribution is 2.20. The van der Waals surface area contributed by atoms with Crippen molar-refractivity contribution in [2.24, 2.45) is 0 Å². The summed E-state index contributed by atoms with van der Waals surface area (Å²) in [4.78, 5) is 21.4. The summed E-state index contributed by atoms with van der Waals surface area (Å²) in [5, 5.41) is 0. The monoisotopic (exact) mass is 274 g/mol. The van der Waals surface area contributed by atoms with Crippen LogP contribution in [0.4, 0.5) is 13.2 Å². The van der Waals surface area contributed by atoms with Crippen molar-refractivity contribution >= 4 is 11.6 Å². The fourth-order valence-electron chi connectivity index (χ4n) is 1.34. The van der Waals surface area contributed by atoms with Crippen molar-refractivity contribution in [1.29, 1.82) is 0 Å². The number of alkyl halides is 3. The van der Waals surface area contributed by atoms with Gasteiger partial charge in [-0.1, -0.05) is 12.1 Å². The van der Waals surface area contributed by atoms with Crippen LogP contribution in [-0.2, 0) is 16.0 Å². The number of benzene rings is 1. The Morgan fingerprint density at radius 2 is 1.74 bits per heavy atom. The standard InChI is InChI=1S/C13H13F3O3/c1-9(17)8-19-11-5-2-10(3-6-11)4-7-12(18)13(14,15)16/h2-3,5-6H,4,7-8H2,1H3. The van der Waals surface area contributed by atoms with Crippen LogP contribution in [0, 0.1) is 0 Å². The number of carbonyl (C=O) groups is 2. The summed E-state index contributed by atoms with van der Waals surface area (Å²) < 4.78 is 41.1. The Morgan fingerprint density at radius 1 is 1.16 bits per heavy atom. The molecule has 0 fully saturated rings. The molecule has 0 aliphatic carbocycles. The topological polar surface area (TPSA) is 43.4 Å². The minimum Gasteiger partial charge on any atom is -0.486 e. The van der Waals surface area contributed by atoms with E-state index in [-0.39, 0.29) is 18.8 Å². The molecule has 1 rings (SSSR count). The number of Topliss-reactive ketones (excluding diaryl/α,β-unsaturated/α-hetero) is 2. The molecule has 0 aliphatic heterocycles. The van der Waals surface area contributed by atoms with E-state index in [1.54, 1.807) is 24.3 Å². The molecule has 0 N–H and O–H groups in total. The van der Waals surface area contributed by atoms with Gasteiger partial charge in [0.2, 0.25) is 5.78 Å². The first kappa shape index (κ1) is 15.2. The molecule has 0 saturated heterocycles. The fourth-order valence-corrected chi connectivity index (χ4v) is 1.34. The van der Waals surface area contributed by atoms with Crippen LogP contribution in [0.5, 0.6) is 5.75 Å². The third-order valence-corrected chi connectivity index (χ3v) is 2.32. The van der Waals surface area contributed by atoms with Crippen LogP contribution in [-0.4, -0.2) is 24.3 Å². The van der Waals surface area contributed by atoms with Crippen molar-refractivity contribution < 1.29 is 27.5 Å². The highest BCUT2D eigenvalue weighted by atomic mass is 19.4. The Morgan fingerprint density at radius 3 is 2.21 bits per heavy atom. The van der Waals surface area contributed by atoms with E-state index < -0.39 is 18.4 Å². The predicted molar refractivity (Wildman–Crippen MR) is 62.0 cm³/mol. The molecule has 104 valence electrons. The molecule has 0 bridgehead atoms. The van der Waals surface area contributed by atoms with Crippen LogP contribution in [0.2, 0.25) is 0 Å². The third-order valence-electron chi connectivity index (χ3n) is 2.32. The molecule has 0 atom stereocenters. The Balaban J connectivity index is 2.49. The Kier molecular flexibility index (Phi) is 5.09. The zero-order valence-corrected chi connectivity index (χ0v) is 10.3. The van der Waals surface area contributed by atoms with Crippen LogP contribution >= 0.6 is 0 Å². The molecular formula is C13H13F3O3. The van der Waals surface area contributed by atoms with E-state index in [1.165, 1.54) is 6.92 Å². The number of aryl methyl sites for hydroxylation is 1. The Hall–Kier alpha value is -1.85. The zero-order valence-electron chi connectivity index (χ0n) is 10.3. The molecule has 1 aromatic carbocycles. The highest BCUT2D eigenvalue weighted by Gasteiger charge is 2.37. The molecule has 0 spiro atoms. The van der Waals surface area contributed by atoms with Gasteiger partial charge in [0.25, 0.3) is 0 Å². The SMILES string of the molecule is CC(=O)COc1ccc(CCC(=O)C(F)(F)F)cc1. The molecule has 0 aliphatic rings. The highest BCUT2D eigenvalue weighted by molar-refractivity contribution is 5.84. The first-order chi connectivity index (χ1) is 8.79. The third kappa shape index (κ3) is 5.54. The summed E-state index contributed by atoms with van der Waals surface area (Å²) in [7, 11) is 0. The van der Waals surface area contributed by atoms with Crippen LogP contribution in [0.15, 0.2) is 24.3 Å². The van der Waals surface area contributed by atoms with Gasteiger partial charge in [-0.3, -0.25) is 9.59 Å². The minimum atomic E-state index is -4.77. The van der Waals surface area contributed by atoms with Crippen molar-refractivity contribution in [1.82, 2.24) is 0 Å². The van der Waals surface area contributed by atoms with Crippen LogP contribution in [0.25, 0.3) is 0 Å². The van der Waals surface area contributed by atoms with E-state index in [1.807, 2.05) is 0 Å². The number of ether oxygens (including phenoxy) is 1. The number of hydrogen-bond donors (Lipinski definition) is 0. The van der Waals surface area contributed by atoms with Crippen molar-refractivity contribution in [3.63, 3.8) is 0 Å². The average Bonchev–Trinajstić information content (AvgIpc) is 2.33. The molecule has 0 heterocycles. The lowest BCUT2D eigenvalue weighted by molar-refractivity contribution is -0.171. The summed E-state index contributed by atoms with van der Waals surface area (Å²) in [6.45, 7) is 1.34. The zero-order chi connectivity index (χ0) is 14.5. The number of ketones is 2. The quantitative estimate of drug-likeness (QED) is 0.801. The van der Waals surface area contributed by atoms with Crippen molar-refractivity contribution in [3.05, 3.63) is 29.8 Å². The van der Waals surface area contributed by atoms with Gasteiger partial charge in [0, 0.05) is 6.42 Å². The van der Waals surface area contributed by atoms with Gasteiger partial charge in [-0.15, -0.1) is 0 Å². The molecular weight excluding hydrogens is 261 g/mol.